The highest BCUT2D eigenvalue weighted by molar-refractivity contribution is 9.09. The lowest BCUT2D eigenvalue weighted by molar-refractivity contribution is 1.23. The fraction of sp³-hybridized carbons (Fsp3) is 0.250. The Morgan fingerprint density at radius 3 is 3.18 bits per heavy atom. The van der Waals surface area contributed by atoms with Crippen molar-refractivity contribution in [2.75, 3.05) is 0 Å². The van der Waals surface area contributed by atoms with Gasteiger partial charge in [0.25, 0.3) is 0 Å². The van der Waals surface area contributed by atoms with Gasteiger partial charge in [-0.25, -0.2) is 0 Å². The van der Waals surface area contributed by atoms with E-state index in [-0.39, 0.29) is 0 Å². The van der Waals surface area contributed by atoms with Gasteiger partial charge in [-0.3, -0.25) is 0 Å². The maximum atomic E-state index is 3.96. The molecule has 0 spiro atoms. The largest absolute Gasteiger partial charge is 0.158 e. The average Bonchev–Trinajstić information content (AvgIpc) is 2.36. The Hall–Kier alpha value is -0.700. The highest BCUT2D eigenvalue weighted by Crippen LogP contribution is 2.22. The third kappa shape index (κ3) is 1.09. The van der Waals surface area contributed by atoms with Crippen molar-refractivity contribution in [3.63, 3.8) is 0 Å². The highest BCUT2D eigenvalue weighted by Gasteiger charge is 2.17. The van der Waals surface area contributed by atoms with E-state index < -0.39 is 0 Å². The first-order valence-electron chi connectivity index (χ1n) is 3.43. The van der Waals surface area contributed by atoms with Gasteiger partial charge in [0.05, 0.1) is 16.8 Å². The number of hydrogen-bond donors (Lipinski definition) is 0. The number of allylic oxidation sites excluding steroid dienone is 4. The van der Waals surface area contributed by atoms with Crippen LogP contribution in [-0.2, 0) is 0 Å². The summed E-state index contributed by atoms with van der Waals surface area (Å²) in [5.41, 5.74) is 3.38. The second-order valence-corrected chi connectivity index (χ2v) is 3.63. The third-order valence-electron chi connectivity index (χ3n) is 1.78. The second-order valence-electron chi connectivity index (χ2n) is 2.64. The van der Waals surface area contributed by atoms with Gasteiger partial charge in [0.1, 0.15) is 0 Å². The number of alkyl halides is 1. The van der Waals surface area contributed by atoms with Crippen LogP contribution in [0.25, 0.3) is 0 Å². The molecule has 56 valence electrons. The van der Waals surface area contributed by atoms with E-state index in [1.54, 1.807) is 6.21 Å². The molecule has 1 atom stereocenters. The summed E-state index contributed by atoms with van der Waals surface area (Å²) in [4.78, 5) is 0.348. The fourth-order valence-electron chi connectivity index (χ4n) is 1.10. The molecule has 0 aromatic rings. The van der Waals surface area contributed by atoms with Crippen LogP contribution in [0, 0.1) is 0 Å². The van der Waals surface area contributed by atoms with Crippen LogP contribution in [0.3, 0.4) is 0 Å². The zero-order chi connectivity index (χ0) is 7.84. The van der Waals surface area contributed by atoms with Crippen LogP contribution < -0.4 is 0 Å². The van der Waals surface area contributed by atoms with Crippen LogP contribution in [-0.4, -0.2) is 16.8 Å². The zero-order valence-electron chi connectivity index (χ0n) is 6.08. The molecule has 0 N–H and O–H groups in total. The van der Waals surface area contributed by atoms with Crippen molar-refractivity contribution in [3.05, 3.63) is 23.3 Å². The third-order valence-corrected chi connectivity index (χ3v) is 2.77. The van der Waals surface area contributed by atoms with Gasteiger partial charge in [-0.05, 0) is 13.0 Å². The minimum absolute atomic E-state index is 0.348. The molecule has 0 aromatic carbocycles. The summed E-state index contributed by atoms with van der Waals surface area (Å²) in [7, 11) is 0. The molecule has 2 rings (SSSR count). The van der Waals surface area contributed by atoms with Crippen molar-refractivity contribution in [1.82, 2.24) is 0 Å². The Morgan fingerprint density at radius 1 is 1.55 bits per heavy atom. The van der Waals surface area contributed by atoms with Crippen molar-refractivity contribution in [3.8, 4) is 0 Å². The monoisotopic (exact) mass is 210 g/mol. The number of rotatable bonds is 0. The Morgan fingerprint density at radius 2 is 2.36 bits per heavy atom. The van der Waals surface area contributed by atoms with Gasteiger partial charge >= 0.3 is 0 Å². The minimum atomic E-state index is 0.348. The first-order chi connectivity index (χ1) is 5.27. The number of halogens is 1. The molecule has 1 aliphatic heterocycles. The molecule has 0 radical (unpaired) electrons. The number of fused-ring (bicyclic) bond motifs is 1. The summed E-state index contributed by atoms with van der Waals surface area (Å²) in [6, 6.07) is 0. The molecule has 0 saturated carbocycles. The van der Waals surface area contributed by atoms with E-state index >= 15 is 0 Å². The number of hydrogen-bond acceptors (Lipinski definition) is 2. The van der Waals surface area contributed by atoms with Gasteiger partial charge < -0.3 is 0 Å². The smallest absolute Gasteiger partial charge is 0.0942 e. The lowest BCUT2D eigenvalue weighted by atomic mass is 10.00. The van der Waals surface area contributed by atoms with E-state index in [0.29, 0.717) is 4.83 Å². The Kier molecular flexibility index (Phi) is 1.53. The van der Waals surface area contributed by atoms with Gasteiger partial charge in [-0.2, -0.15) is 10.2 Å². The molecule has 11 heavy (non-hydrogen) atoms. The summed E-state index contributed by atoms with van der Waals surface area (Å²) >= 11 is 3.53. The van der Waals surface area contributed by atoms with Gasteiger partial charge in [0.2, 0.25) is 0 Å². The molecule has 1 heterocycles. The van der Waals surface area contributed by atoms with Gasteiger partial charge in [0, 0.05) is 5.57 Å². The molecule has 0 bridgehead atoms. The van der Waals surface area contributed by atoms with E-state index in [1.165, 1.54) is 5.57 Å². The first kappa shape index (κ1) is 6.98. The molecular weight excluding hydrogens is 204 g/mol. The Labute approximate surface area is 73.5 Å². The van der Waals surface area contributed by atoms with Gasteiger partial charge in [0.15, 0.2) is 0 Å². The van der Waals surface area contributed by atoms with Crippen molar-refractivity contribution < 1.29 is 0 Å². The molecule has 0 amide bonds. The highest BCUT2D eigenvalue weighted by atomic mass is 79.9. The predicted octanol–water partition coefficient (Wildman–Crippen LogP) is 2.08. The standard InChI is InChI=1S/C8H7BrN2/c1-5-2-8-6(3-7(5)9)4-10-11-8/h2-4,7H,1H3/t7-/m0/s1. The van der Waals surface area contributed by atoms with Crippen molar-refractivity contribution in [2.45, 2.75) is 11.8 Å². The Bertz CT molecular complexity index is 310. The average molecular weight is 211 g/mol. The van der Waals surface area contributed by atoms with Gasteiger partial charge in [-0.15, -0.1) is 0 Å². The summed E-state index contributed by atoms with van der Waals surface area (Å²) in [6.07, 6.45) is 5.96. The molecule has 0 saturated heterocycles. The normalized spacial score (nSPS) is 27.5. The topological polar surface area (TPSA) is 24.7 Å². The van der Waals surface area contributed by atoms with E-state index in [1.807, 2.05) is 0 Å². The van der Waals surface area contributed by atoms with Crippen LogP contribution in [0.1, 0.15) is 6.92 Å². The lowest BCUT2D eigenvalue weighted by Crippen LogP contribution is -2.09. The number of nitrogens with zero attached hydrogens (tertiary/aromatic N) is 2. The zero-order valence-corrected chi connectivity index (χ0v) is 7.67. The van der Waals surface area contributed by atoms with Crippen LogP contribution in [0.5, 0.6) is 0 Å². The van der Waals surface area contributed by atoms with E-state index in [4.69, 9.17) is 0 Å². The van der Waals surface area contributed by atoms with E-state index in [9.17, 15) is 0 Å². The predicted molar refractivity (Wildman–Crippen MR) is 50.5 cm³/mol. The van der Waals surface area contributed by atoms with Crippen LogP contribution in [0.4, 0.5) is 0 Å². The van der Waals surface area contributed by atoms with Crippen LogP contribution in [0.2, 0.25) is 0 Å². The quantitative estimate of drug-likeness (QED) is 0.548. The minimum Gasteiger partial charge on any atom is -0.158 e. The van der Waals surface area contributed by atoms with Crippen LogP contribution in [0.15, 0.2) is 33.5 Å². The van der Waals surface area contributed by atoms with Crippen molar-refractivity contribution in [2.24, 2.45) is 10.2 Å². The molecule has 1 aliphatic carbocycles. The Balaban J connectivity index is 2.43. The molecule has 0 unspecified atom stereocenters. The molecular formula is C8H7BrN2. The summed E-state index contributed by atoms with van der Waals surface area (Å²) in [5.74, 6) is 0. The second kappa shape index (κ2) is 2.41. The summed E-state index contributed by atoms with van der Waals surface area (Å²) < 4.78 is 0. The van der Waals surface area contributed by atoms with Crippen molar-refractivity contribution in [1.29, 1.82) is 0 Å². The van der Waals surface area contributed by atoms with E-state index in [2.05, 4.69) is 45.2 Å². The SMILES string of the molecule is CC1=CC2=NN=CC2=C[C@@H]1Br. The van der Waals surface area contributed by atoms with Crippen LogP contribution >= 0.6 is 15.9 Å². The molecule has 2 aliphatic rings. The molecule has 0 aromatic heterocycles. The lowest BCUT2D eigenvalue weighted by Gasteiger charge is -2.11. The summed E-state index contributed by atoms with van der Waals surface area (Å²) in [5, 5.41) is 7.79. The van der Waals surface area contributed by atoms with E-state index in [0.717, 1.165) is 11.3 Å². The maximum Gasteiger partial charge on any atom is 0.0942 e. The summed E-state index contributed by atoms with van der Waals surface area (Å²) in [6.45, 7) is 2.08. The molecule has 2 nitrogen and oxygen atoms in total. The maximum absolute atomic E-state index is 3.96. The fourth-order valence-corrected chi connectivity index (χ4v) is 1.52. The molecule has 3 heteroatoms. The van der Waals surface area contributed by atoms with Crippen molar-refractivity contribution >= 4 is 27.9 Å². The molecule has 0 fully saturated rings. The van der Waals surface area contributed by atoms with Gasteiger partial charge in [-0.1, -0.05) is 27.6 Å². The first-order valence-corrected chi connectivity index (χ1v) is 4.34.